The Morgan fingerprint density at radius 1 is 1.10 bits per heavy atom. The maximum Gasteiger partial charge on any atom is 0.0335 e. The lowest BCUT2D eigenvalue weighted by molar-refractivity contribution is 0.153. The largest absolute Gasteiger partial charge is 0.271 e. The Morgan fingerprint density at radius 2 is 1.81 bits per heavy atom. The van der Waals surface area contributed by atoms with Gasteiger partial charge >= 0.3 is 0 Å². The van der Waals surface area contributed by atoms with E-state index in [-0.39, 0.29) is 5.41 Å². The molecule has 0 spiro atoms. The average molecular weight is 286 g/mol. The molecule has 116 valence electrons. The number of hydrogen-bond acceptors (Lipinski definition) is 2. The molecule has 0 bridgehead atoms. The predicted octanol–water partition coefficient (Wildman–Crippen LogP) is 4.16. The number of nitrogens with one attached hydrogen (secondary N) is 1. The zero-order valence-electron chi connectivity index (χ0n) is 13.4. The monoisotopic (exact) mass is 286 g/mol. The van der Waals surface area contributed by atoms with Crippen LogP contribution in [-0.2, 0) is 5.41 Å². The van der Waals surface area contributed by atoms with E-state index in [1.165, 1.54) is 56.9 Å². The quantitative estimate of drug-likeness (QED) is 0.644. The van der Waals surface area contributed by atoms with Crippen molar-refractivity contribution in [2.45, 2.75) is 69.7 Å². The van der Waals surface area contributed by atoms with E-state index in [0.29, 0.717) is 6.04 Å². The summed E-state index contributed by atoms with van der Waals surface area (Å²) in [4.78, 5) is 0. The first-order valence-electron chi connectivity index (χ1n) is 8.78. The molecule has 3 unspecified atom stereocenters. The molecule has 0 amide bonds. The van der Waals surface area contributed by atoms with E-state index < -0.39 is 0 Å². The van der Waals surface area contributed by atoms with E-state index in [9.17, 15) is 0 Å². The minimum Gasteiger partial charge on any atom is -0.271 e. The second-order valence-electron chi connectivity index (χ2n) is 7.41. The maximum atomic E-state index is 6.10. The van der Waals surface area contributed by atoms with Crippen molar-refractivity contribution in [2.24, 2.45) is 17.7 Å². The molecule has 2 aliphatic carbocycles. The smallest absolute Gasteiger partial charge is 0.0335 e. The first kappa shape index (κ1) is 15.1. The highest BCUT2D eigenvalue weighted by Gasteiger charge is 2.46. The Kier molecular flexibility index (Phi) is 4.66. The average Bonchev–Trinajstić information content (AvgIpc) is 3.00. The Hall–Kier alpha value is -0.860. The fraction of sp³-hybridized carbons (Fsp3) is 0.684. The van der Waals surface area contributed by atoms with Crippen LogP contribution in [0.1, 0.15) is 63.9 Å². The van der Waals surface area contributed by atoms with Crippen molar-refractivity contribution >= 4 is 0 Å². The van der Waals surface area contributed by atoms with E-state index in [0.717, 1.165) is 11.8 Å². The van der Waals surface area contributed by atoms with Gasteiger partial charge in [-0.3, -0.25) is 11.3 Å². The molecule has 2 saturated carbocycles. The van der Waals surface area contributed by atoms with Crippen LogP contribution in [0, 0.1) is 11.8 Å². The number of nitrogens with two attached hydrogens (primary N) is 1. The number of rotatable bonds is 4. The van der Waals surface area contributed by atoms with Crippen molar-refractivity contribution in [1.29, 1.82) is 0 Å². The molecule has 1 aromatic rings. The summed E-state index contributed by atoms with van der Waals surface area (Å²) in [6.45, 7) is 2.41. The lowest BCUT2D eigenvalue weighted by atomic mass is 9.64. The lowest BCUT2D eigenvalue weighted by Gasteiger charge is -2.44. The van der Waals surface area contributed by atoms with Gasteiger partial charge in [-0.25, -0.2) is 0 Å². The van der Waals surface area contributed by atoms with E-state index in [2.05, 4.69) is 42.7 Å². The van der Waals surface area contributed by atoms with E-state index in [1.54, 1.807) is 0 Å². The van der Waals surface area contributed by atoms with Crippen molar-refractivity contribution in [2.75, 3.05) is 0 Å². The Labute approximate surface area is 129 Å². The lowest BCUT2D eigenvalue weighted by Crippen LogP contribution is -2.55. The van der Waals surface area contributed by atoms with Crippen LogP contribution < -0.4 is 11.3 Å². The molecule has 3 rings (SSSR count). The Morgan fingerprint density at radius 3 is 2.43 bits per heavy atom. The van der Waals surface area contributed by atoms with E-state index in [1.807, 2.05) is 0 Å². The first-order chi connectivity index (χ1) is 10.3. The molecular weight excluding hydrogens is 256 g/mol. The topological polar surface area (TPSA) is 38.0 Å². The van der Waals surface area contributed by atoms with Crippen LogP contribution in [0.25, 0.3) is 0 Å². The van der Waals surface area contributed by atoms with Crippen molar-refractivity contribution < 1.29 is 0 Å². The van der Waals surface area contributed by atoms with Gasteiger partial charge in [0.15, 0.2) is 0 Å². The standard InChI is InChI=1S/C19H30N2/c1-15-8-7-9-16(14-15)18(21-20)19(12-5-6-13-19)17-10-3-2-4-11-17/h2-4,10-11,15-16,18,21H,5-9,12-14,20H2,1H3. The van der Waals surface area contributed by atoms with Gasteiger partial charge in [0, 0.05) is 11.5 Å². The summed E-state index contributed by atoms with van der Waals surface area (Å²) in [5, 5.41) is 0. The molecule has 1 aromatic carbocycles. The molecule has 0 aliphatic heterocycles. The normalized spacial score (nSPS) is 30.2. The van der Waals surface area contributed by atoms with Crippen LogP contribution in [0.2, 0.25) is 0 Å². The third-order valence-corrected chi connectivity index (χ3v) is 6.07. The number of hydrogen-bond donors (Lipinski definition) is 2. The van der Waals surface area contributed by atoms with Crippen molar-refractivity contribution in [3.63, 3.8) is 0 Å². The van der Waals surface area contributed by atoms with Crippen LogP contribution in [0.3, 0.4) is 0 Å². The van der Waals surface area contributed by atoms with Gasteiger partial charge in [0.25, 0.3) is 0 Å². The summed E-state index contributed by atoms with van der Waals surface area (Å²) in [5.74, 6) is 7.69. The van der Waals surface area contributed by atoms with Crippen molar-refractivity contribution in [3.8, 4) is 0 Å². The highest BCUT2D eigenvalue weighted by atomic mass is 15.2. The minimum absolute atomic E-state index is 0.262. The third kappa shape index (κ3) is 2.89. The van der Waals surface area contributed by atoms with E-state index in [4.69, 9.17) is 5.84 Å². The first-order valence-corrected chi connectivity index (χ1v) is 8.78. The Bertz CT molecular complexity index is 436. The minimum atomic E-state index is 0.262. The summed E-state index contributed by atoms with van der Waals surface area (Å²) < 4.78 is 0. The second-order valence-corrected chi connectivity index (χ2v) is 7.41. The zero-order chi connectivity index (χ0) is 14.7. The Balaban J connectivity index is 1.91. The summed E-state index contributed by atoms with van der Waals surface area (Å²) in [5.41, 5.74) is 5.04. The fourth-order valence-electron chi connectivity index (χ4n) is 5.09. The van der Waals surface area contributed by atoms with Crippen LogP contribution in [0.15, 0.2) is 30.3 Å². The summed E-state index contributed by atoms with van der Waals surface area (Å²) in [6, 6.07) is 11.6. The van der Waals surface area contributed by atoms with Gasteiger partial charge in [0.1, 0.15) is 0 Å². The molecule has 2 fully saturated rings. The highest BCUT2D eigenvalue weighted by molar-refractivity contribution is 5.29. The van der Waals surface area contributed by atoms with E-state index >= 15 is 0 Å². The van der Waals surface area contributed by atoms with Crippen LogP contribution in [0.5, 0.6) is 0 Å². The summed E-state index contributed by atoms with van der Waals surface area (Å²) in [7, 11) is 0. The number of benzene rings is 1. The molecule has 2 heteroatoms. The molecule has 0 aromatic heterocycles. The van der Waals surface area contributed by atoms with Crippen LogP contribution >= 0.6 is 0 Å². The molecule has 2 nitrogen and oxygen atoms in total. The SMILES string of the molecule is CC1CCCC(C(NN)C2(c3ccccc3)CCCC2)C1. The van der Waals surface area contributed by atoms with Gasteiger partial charge in [-0.2, -0.15) is 0 Å². The molecule has 3 N–H and O–H groups in total. The molecule has 3 atom stereocenters. The van der Waals surface area contributed by atoms with Gasteiger partial charge in [-0.1, -0.05) is 62.9 Å². The van der Waals surface area contributed by atoms with Gasteiger partial charge < -0.3 is 0 Å². The molecule has 0 heterocycles. The summed E-state index contributed by atoms with van der Waals surface area (Å²) >= 11 is 0. The fourth-order valence-corrected chi connectivity index (χ4v) is 5.09. The molecule has 21 heavy (non-hydrogen) atoms. The third-order valence-electron chi connectivity index (χ3n) is 6.07. The molecule has 0 radical (unpaired) electrons. The van der Waals surface area contributed by atoms with Gasteiger partial charge in [0.2, 0.25) is 0 Å². The van der Waals surface area contributed by atoms with Crippen molar-refractivity contribution in [1.82, 2.24) is 5.43 Å². The van der Waals surface area contributed by atoms with Crippen molar-refractivity contribution in [3.05, 3.63) is 35.9 Å². The summed E-state index contributed by atoms with van der Waals surface area (Å²) in [6.07, 6.45) is 10.7. The predicted molar refractivity (Wildman–Crippen MR) is 88.8 cm³/mol. The zero-order valence-corrected chi connectivity index (χ0v) is 13.4. The number of hydrazine groups is 1. The maximum absolute atomic E-state index is 6.10. The second kappa shape index (κ2) is 6.50. The molecule has 0 saturated heterocycles. The van der Waals surface area contributed by atoms with Gasteiger partial charge in [-0.15, -0.1) is 0 Å². The van der Waals surface area contributed by atoms with Crippen LogP contribution in [-0.4, -0.2) is 6.04 Å². The van der Waals surface area contributed by atoms with Gasteiger partial charge in [0.05, 0.1) is 0 Å². The molecular formula is C19H30N2. The highest BCUT2D eigenvalue weighted by Crippen LogP contribution is 2.48. The van der Waals surface area contributed by atoms with Crippen LogP contribution in [0.4, 0.5) is 0 Å². The van der Waals surface area contributed by atoms with Gasteiger partial charge in [-0.05, 0) is 43.1 Å². The molecule has 2 aliphatic rings.